The Morgan fingerprint density at radius 3 is 2.89 bits per heavy atom. The van der Waals surface area contributed by atoms with Gasteiger partial charge in [0, 0.05) is 12.1 Å². The van der Waals surface area contributed by atoms with Crippen molar-refractivity contribution in [3.63, 3.8) is 0 Å². The van der Waals surface area contributed by atoms with Crippen molar-refractivity contribution < 1.29 is 14.6 Å². The molecule has 0 bridgehead atoms. The normalized spacial score (nSPS) is 26.5. The minimum absolute atomic E-state index is 0.0730. The van der Waals surface area contributed by atoms with E-state index >= 15 is 0 Å². The maximum absolute atomic E-state index is 11.3. The van der Waals surface area contributed by atoms with Crippen molar-refractivity contribution in [3.05, 3.63) is 23.8 Å². The molecule has 102 valence electrons. The third kappa shape index (κ3) is 2.73. The SMILES string of the molecule is O=C1CCc2cc(O[C@@H]3CCCC[C@H]3O)ccc2N1. The van der Waals surface area contributed by atoms with Gasteiger partial charge < -0.3 is 15.2 Å². The molecule has 1 aromatic carbocycles. The first-order chi connectivity index (χ1) is 9.22. The summed E-state index contributed by atoms with van der Waals surface area (Å²) in [6.45, 7) is 0. The molecule has 0 unspecified atom stereocenters. The summed E-state index contributed by atoms with van der Waals surface area (Å²) in [5.41, 5.74) is 2.00. The molecule has 1 aromatic rings. The highest BCUT2D eigenvalue weighted by Gasteiger charge is 2.25. The van der Waals surface area contributed by atoms with Crippen LogP contribution in [0.5, 0.6) is 5.75 Å². The van der Waals surface area contributed by atoms with Crippen LogP contribution < -0.4 is 10.1 Å². The molecule has 1 aliphatic heterocycles. The Morgan fingerprint density at radius 2 is 2.05 bits per heavy atom. The molecular weight excluding hydrogens is 242 g/mol. The van der Waals surface area contributed by atoms with Crippen LogP contribution in [0.2, 0.25) is 0 Å². The summed E-state index contributed by atoms with van der Waals surface area (Å²) in [4.78, 5) is 11.3. The third-order valence-electron chi connectivity index (χ3n) is 3.93. The van der Waals surface area contributed by atoms with Gasteiger partial charge in [0.1, 0.15) is 11.9 Å². The number of nitrogens with one attached hydrogen (secondary N) is 1. The van der Waals surface area contributed by atoms with Gasteiger partial charge in [0.05, 0.1) is 6.10 Å². The van der Waals surface area contributed by atoms with Gasteiger partial charge >= 0.3 is 0 Å². The molecule has 2 atom stereocenters. The first-order valence-corrected chi connectivity index (χ1v) is 7.00. The van der Waals surface area contributed by atoms with Gasteiger partial charge in [-0.2, -0.15) is 0 Å². The standard InChI is InChI=1S/C15H19NO3/c17-13-3-1-2-4-14(13)19-11-6-7-12-10(9-11)5-8-15(18)16-12/h6-7,9,13-14,17H,1-5,8H2,(H,16,18)/t13-,14-/m1/s1. The van der Waals surface area contributed by atoms with Crippen molar-refractivity contribution in [1.29, 1.82) is 0 Å². The summed E-state index contributed by atoms with van der Waals surface area (Å²) in [6, 6.07) is 5.73. The molecule has 0 aromatic heterocycles. The summed E-state index contributed by atoms with van der Waals surface area (Å²) < 4.78 is 5.90. The smallest absolute Gasteiger partial charge is 0.224 e. The van der Waals surface area contributed by atoms with Gasteiger partial charge in [-0.05, 0) is 49.4 Å². The largest absolute Gasteiger partial charge is 0.488 e. The molecule has 1 fully saturated rings. The monoisotopic (exact) mass is 261 g/mol. The van der Waals surface area contributed by atoms with Gasteiger partial charge in [-0.3, -0.25) is 4.79 Å². The molecule has 4 nitrogen and oxygen atoms in total. The lowest BCUT2D eigenvalue weighted by atomic mass is 9.94. The summed E-state index contributed by atoms with van der Waals surface area (Å²) in [7, 11) is 0. The van der Waals surface area contributed by atoms with Crippen molar-refractivity contribution >= 4 is 11.6 Å². The van der Waals surface area contributed by atoms with E-state index in [0.29, 0.717) is 6.42 Å². The molecule has 1 amide bonds. The molecular formula is C15H19NO3. The minimum Gasteiger partial charge on any atom is -0.488 e. The second-order valence-electron chi connectivity index (χ2n) is 5.38. The van der Waals surface area contributed by atoms with Crippen molar-refractivity contribution in [1.82, 2.24) is 0 Å². The number of fused-ring (bicyclic) bond motifs is 1. The zero-order valence-corrected chi connectivity index (χ0v) is 10.9. The topological polar surface area (TPSA) is 58.6 Å². The van der Waals surface area contributed by atoms with Gasteiger partial charge in [0.15, 0.2) is 0 Å². The van der Waals surface area contributed by atoms with E-state index in [2.05, 4.69) is 5.32 Å². The van der Waals surface area contributed by atoms with Crippen LogP contribution in [0.3, 0.4) is 0 Å². The number of carbonyl (C=O) groups excluding carboxylic acids is 1. The Balaban J connectivity index is 1.73. The number of anilines is 1. The van der Waals surface area contributed by atoms with E-state index in [4.69, 9.17) is 4.74 Å². The highest BCUT2D eigenvalue weighted by atomic mass is 16.5. The maximum Gasteiger partial charge on any atom is 0.224 e. The van der Waals surface area contributed by atoms with Crippen molar-refractivity contribution in [2.45, 2.75) is 50.7 Å². The molecule has 0 spiro atoms. The number of benzene rings is 1. The fourth-order valence-electron chi connectivity index (χ4n) is 2.82. The number of hydrogen-bond acceptors (Lipinski definition) is 3. The number of aliphatic hydroxyl groups is 1. The highest BCUT2D eigenvalue weighted by molar-refractivity contribution is 5.93. The molecule has 2 aliphatic rings. The van der Waals surface area contributed by atoms with Crippen LogP contribution in [0, 0.1) is 0 Å². The number of hydrogen-bond donors (Lipinski definition) is 2. The molecule has 0 saturated heterocycles. The van der Waals surface area contributed by atoms with Gasteiger partial charge in [0.2, 0.25) is 5.91 Å². The summed E-state index contributed by atoms with van der Waals surface area (Å²) >= 11 is 0. The van der Waals surface area contributed by atoms with E-state index in [1.807, 2.05) is 18.2 Å². The quantitative estimate of drug-likeness (QED) is 0.858. The van der Waals surface area contributed by atoms with Crippen molar-refractivity contribution in [2.75, 3.05) is 5.32 Å². The summed E-state index contributed by atoms with van der Waals surface area (Å²) in [6.07, 6.45) is 4.77. The number of ether oxygens (including phenoxy) is 1. The van der Waals surface area contributed by atoms with Crippen LogP contribution in [0.15, 0.2) is 18.2 Å². The van der Waals surface area contributed by atoms with E-state index < -0.39 is 0 Å². The van der Waals surface area contributed by atoms with Crippen LogP contribution in [-0.4, -0.2) is 23.2 Å². The number of carbonyl (C=O) groups is 1. The lowest BCUT2D eigenvalue weighted by Crippen LogP contribution is -2.34. The van der Waals surface area contributed by atoms with Crippen LogP contribution >= 0.6 is 0 Å². The van der Waals surface area contributed by atoms with Crippen molar-refractivity contribution in [2.24, 2.45) is 0 Å². The van der Waals surface area contributed by atoms with E-state index in [9.17, 15) is 9.90 Å². The van der Waals surface area contributed by atoms with Gasteiger partial charge in [0.25, 0.3) is 0 Å². The number of aryl methyl sites for hydroxylation is 1. The number of amides is 1. The zero-order chi connectivity index (χ0) is 13.2. The fraction of sp³-hybridized carbons (Fsp3) is 0.533. The van der Waals surface area contributed by atoms with Crippen LogP contribution in [-0.2, 0) is 11.2 Å². The molecule has 3 rings (SSSR count). The van der Waals surface area contributed by atoms with Gasteiger partial charge in [-0.1, -0.05) is 6.42 Å². The molecule has 1 saturated carbocycles. The van der Waals surface area contributed by atoms with Crippen LogP contribution in [0.1, 0.15) is 37.7 Å². The molecule has 4 heteroatoms. The molecule has 1 heterocycles. The fourth-order valence-corrected chi connectivity index (χ4v) is 2.82. The Labute approximate surface area is 112 Å². The molecule has 19 heavy (non-hydrogen) atoms. The minimum atomic E-state index is -0.357. The predicted molar refractivity (Wildman–Crippen MR) is 72.3 cm³/mol. The third-order valence-corrected chi connectivity index (χ3v) is 3.93. The lowest BCUT2D eigenvalue weighted by molar-refractivity contribution is -0.116. The number of aliphatic hydroxyl groups excluding tert-OH is 1. The van der Waals surface area contributed by atoms with Crippen LogP contribution in [0.4, 0.5) is 5.69 Å². The Bertz CT molecular complexity index is 486. The second-order valence-corrected chi connectivity index (χ2v) is 5.38. The predicted octanol–water partition coefficient (Wildman–Crippen LogP) is 2.25. The molecule has 2 N–H and O–H groups in total. The Morgan fingerprint density at radius 1 is 1.21 bits per heavy atom. The van der Waals surface area contributed by atoms with Gasteiger partial charge in [-0.25, -0.2) is 0 Å². The molecule has 1 aliphatic carbocycles. The van der Waals surface area contributed by atoms with E-state index in [-0.39, 0.29) is 18.1 Å². The first-order valence-electron chi connectivity index (χ1n) is 7.00. The highest BCUT2D eigenvalue weighted by Crippen LogP contribution is 2.29. The Kier molecular flexibility index (Phi) is 3.42. The average molecular weight is 261 g/mol. The summed E-state index contributed by atoms with van der Waals surface area (Å²) in [5, 5.41) is 12.8. The van der Waals surface area contributed by atoms with E-state index in [0.717, 1.165) is 49.1 Å². The van der Waals surface area contributed by atoms with Crippen LogP contribution in [0.25, 0.3) is 0 Å². The molecule has 0 radical (unpaired) electrons. The Hall–Kier alpha value is -1.55. The zero-order valence-electron chi connectivity index (χ0n) is 10.9. The summed E-state index contributed by atoms with van der Waals surface area (Å²) in [5.74, 6) is 0.865. The van der Waals surface area contributed by atoms with E-state index in [1.165, 1.54) is 0 Å². The van der Waals surface area contributed by atoms with E-state index in [1.54, 1.807) is 0 Å². The average Bonchev–Trinajstić information content (AvgIpc) is 2.41. The maximum atomic E-state index is 11.3. The lowest BCUT2D eigenvalue weighted by Gasteiger charge is -2.28. The van der Waals surface area contributed by atoms with Crippen molar-refractivity contribution in [3.8, 4) is 5.75 Å². The van der Waals surface area contributed by atoms with Gasteiger partial charge in [-0.15, -0.1) is 0 Å². The second kappa shape index (κ2) is 5.21. The first kappa shape index (κ1) is 12.5. The number of rotatable bonds is 2.